The summed E-state index contributed by atoms with van der Waals surface area (Å²) < 4.78 is 11.2. The molecule has 0 unspecified atom stereocenters. The molecular formula is C25H19Cl3N4O4. The number of pyridine rings is 1. The molecule has 36 heavy (non-hydrogen) atoms. The Hall–Kier alpha value is -3.77. The molecule has 0 amide bonds. The highest BCUT2D eigenvalue weighted by molar-refractivity contribution is 6.32. The summed E-state index contributed by atoms with van der Waals surface area (Å²) in [5.41, 5.74) is 2.26. The van der Waals surface area contributed by atoms with Crippen LogP contribution in [0, 0.1) is 21.4 Å². The van der Waals surface area contributed by atoms with Crippen LogP contribution in [-0.4, -0.2) is 16.5 Å². The van der Waals surface area contributed by atoms with Gasteiger partial charge in [-0.25, -0.2) is 0 Å². The lowest BCUT2D eigenvalue weighted by Gasteiger charge is -2.14. The fourth-order valence-corrected chi connectivity index (χ4v) is 3.92. The SMILES string of the molecule is CCOc1cc2ncc(C#N)c(Nc3ccc(OCc4cccc(Cl)c4)c(Cl)c3)c2cc1[N+](=O)[O-].Cl. The van der Waals surface area contributed by atoms with E-state index in [0.29, 0.717) is 38.1 Å². The maximum absolute atomic E-state index is 11.6. The minimum atomic E-state index is -0.532. The lowest BCUT2D eigenvalue weighted by atomic mass is 10.1. The Bertz CT molecular complexity index is 1470. The maximum atomic E-state index is 11.6. The average molecular weight is 546 g/mol. The second kappa shape index (κ2) is 11.8. The molecule has 1 heterocycles. The Balaban J connectivity index is 0.00000361. The van der Waals surface area contributed by atoms with Crippen LogP contribution in [0.4, 0.5) is 17.1 Å². The van der Waals surface area contributed by atoms with Crippen LogP contribution in [0.25, 0.3) is 10.9 Å². The molecule has 0 aliphatic rings. The zero-order valence-corrected chi connectivity index (χ0v) is 21.2. The summed E-state index contributed by atoms with van der Waals surface area (Å²) in [6.45, 7) is 2.28. The van der Waals surface area contributed by atoms with E-state index in [9.17, 15) is 15.4 Å². The third-order valence-electron chi connectivity index (χ3n) is 5.05. The summed E-state index contributed by atoms with van der Waals surface area (Å²) in [7, 11) is 0. The summed E-state index contributed by atoms with van der Waals surface area (Å²) in [6, 6.07) is 17.3. The summed E-state index contributed by atoms with van der Waals surface area (Å²) in [4.78, 5) is 15.3. The Kier molecular flexibility index (Phi) is 8.78. The Morgan fingerprint density at radius 1 is 1.11 bits per heavy atom. The lowest BCUT2D eigenvalue weighted by Crippen LogP contribution is -2.01. The van der Waals surface area contributed by atoms with Gasteiger partial charge in [0.25, 0.3) is 0 Å². The minimum Gasteiger partial charge on any atom is -0.487 e. The van der Waals surface area contributed by atoms with E-state index in [4.69, 9.17) is 32.7 Å². The standard InChI is InChI=1S/C25H18Cl2N4O4.ClH/c1-2-34-24-11-21-19(10-22(24)31(32)33)25(16(12-28)13-29-21)30-18-6-7-23(20(27)9-18)35-14-15-4-3-5-17(26)8-15;/h3-11,13H,2,14H2,1H3,(H,29,30);1H. The Labute approximate surface area is 222 Å². The minimum absolute atomic E-state index is 0. The second-order valence-corrected chi connectivity index (χ2v) is 8.22. The van der Waals surface area contributed by atoms with E-state index < -0.39 is 4.92 Å². The zero-order chi connectivity index (χ0) is 24.9. The van der Waals surface area contributed by atoms with E-state index >= 15 is 0 Å². The monoisotopic (exact) mass is 544 g/mol. The van der Waals surface area contributed by atoms with Crippen molar-refractivity contribution >= 4 is 63.6 Å². The summed E-state index contributed by atoms with van der Waals surface area (Å²) >= 11 is 12.4. The highest BCUT2D eigenvalue weighted by Crippen LogP contribution is 2.38. The number of anilines is 2. The second-order valence-electron chi connectivity index (χ2n) is 7.37. The van der Waals surface area contributed by atoms with Crippen LogP contribution in [0.15, 0.2) is 60.8 Å². The maximum Gasteiger partial charge on any atom is 0.311 e. The first-order chi connectivity index (χ1) is 16.9. The molecule has 0 aliphatic heterocycles. The number of benzene rings is 3. The van der Waals surface area contributed by atoms with Crippen molar-refractivity contribution in [3.63, 3.8) is 0 Å². The molecule has 0 saturated carbocycles. The van der Waals surface area contributed by atoms with Crippen molar-refractivity contribution in [3.05, 3.63) is 92.1 Å². The predicted molar refractivity (Wildman–Crippen MR) is 142 cm³/mol. The molecule has 1 N–H and O–H groups in total. The molecule has 0 fully saturated rings. The average Bonchev–Trinajstić information content (AvgIpc) is 2.83. The predicted octanol–water partition coefficient (Wildman–Crippen LogP) is 7.46. The van der Waals surface area contributed by atoms with E-state index in [1.165, 1.54) is 18.3 Å². The van der Waals surface area contributed by atoms with Crippen LogP contribution in [0.5, 0.6) is 11.5 Å². The van der Waals surface area contributed by atoms with Gasteiger partial charge < -0.3 is 14.8 Å². The molecule has 4 rings (SSSR count). The Morgan fingerprint density at radius 3 is 2.58 bits per heavy atom. The molecule has 0 spiro atoms. The van der Waals surface area contributed by atoms with Gasteiger partial charge in [-0.2, -0.15) is 5.26 Å². The largest absolute Gasteiger partial charge is 0.487 e. The van der Waals surface area contributed by atoms with Crippen LogP contribution >= 0.6 is 35.6 Å². The third kappa shape index (κ3) is 5.89. The molecule has 0 aliphatic carbocycles. The number of aromatic nitrogens is 1. The molecule has 3 aromatic carbocycles. The van der Waals surface area contributed by atoms with Gasteiger partial charge >= 0.3 is 5.69 Å². The van der Waals surface area contributed by atoms with Crippen LogP contribution in [0.2, 0.25) is 10.0 Å². The quantitative estimate of drug-likeness (QED) is 0.181. The number of fused-ring (bicyclic) bond motifs is 1. The molecule has 0 radical (unpaired) electrons. The van der Waals surface area contributed by atoms with Crippen molar-refractivity contribution in [1.29, 1.82) is 5.26 Å². The fraction of sp³-hybridized carbons (Fsp3) is 0.120. The number of nitro benzene ring substituents is 1. The van der Waals surface area contributed by atoms with Gasteiger partial charge in [-0.05, 0) is 42.8 Å². The normalized spacial score (nSPS) is 10.3. The van der Waals surface area contributed by atoms with E-state index in [0.717, 1.165) is 5.56 Å². The highest BCUT2D eigenvalue weighted by atomic mass is 35.5. The summed E-state index contributed by atoms with van der Waals surface area (Å²) in [6.07, 6.45) is 1.40. The summed E-state index contributed by atoms with van der Waals surface area (Å²) in [5, 5.41) is 25.7. The number of nitrogens with zero attached hydrogens (tertiary/aromatic N) is 3. The molecule has 4 aromatic rings. The van der Waals surface area contributed by atoms with Crippen molar-refractivity contribution in [2.75, 3.05) is 11.9 Å². The number of halogens is 3. The van der Waals surface area contributed by atoms with E-state index in [1.54, 1.807) is 37.3 Å². The van der Waals surface area contributed by atoms with Crippen molar-refractivity contribution in [1.82, 2.24) is 4.98 Å². The van der Waals surface area contributed by atoms with Gasteiger partial charge in [-0.15, -0.1) is 12.4 Å². The molecule has 1 aromatic heterocycles. The molecule has 184 valence electrons. The first-order valence-corrected chi connectivity index (χ1v) is 11.2. The number of nitrogens with one attached hydrogen (secondary N) is 1. The molecule has 11 heteroatoms. The third-order valence-corrected chi connectivity index (χ3v) is 5.58. The number of hydrogen-bond acceptors (Lipinski definition) is 7. The van der Waals surface area contributed by atoms with Crippen molar-refractivity contribution in [2.45, 2.75) is 13.5 Å². The van der Waals surface area contributed by atoms with Gasteiger partial charge in [0, 0.05) is 34.4 Å². The van der Waals surface area contributed by atoms with Crippen LogP contribution in [0.3, 0.4) is 0 Å². The number of hydrogen-bond donors (Lipinski definition) is 1. The molecule has 0 atom stereocenters. The van der Waals surface area contributed by atoms with Crippen LogP contribution in [-0.2, 0) is 6.61 Å². The van der Waals surface area contributed by atoms with Gasteiger partial charge in [0.2, 0.25) is 0 Å². The summed E-state index contributed by atoms with van der Waals surface area (Å²) in [5.74, 6) is 0.576. The first kappa shape index (κ1) is 26.8. The van der Waals surface area contributed by atoms with Crippen molar-refractivity contribution < 1.29 is 14.4 Å². The molecule has 0 bridgehead atoms. The number of rotatable bonds is 8. The lowest BCUT2D eigenvalue weighted by molar-refractivity contribution is -0.385. The topological polar surface area (TPSA) is 110 Å². The smallest absolute Gasteiger partial charge is 0.311 e. The van der Waals surface area contributed by atoms with Gasteiger partial charge in [-0.3, -0.25) is 15.1 Å². The van der Waals surface area contributed by atoms with E-state index in [-0.39, 0.29) is 42.6 Å². The molecular weight excluding hydrogens is 527 g/mol. The van der Waals surface area contributed by atoms with Crippen LogP contribution in [0.1, 0.15) is 18.1 Å². The van der Waals surface area contributed by atoms with Gasteiger partial charge in [0.15, 0.2) is 5.75 Å². The first-order valence-electron chi connectivity index (χ1n) is 10.5. The molecule has 8 nitrogen and oxygen atoms in total. The zero-order valence-electron chi connectivity index (χ0n) is 18.8. The van der Waals surface area contributed by atoms with Gasteiger partial charge in [0.05, 0.1) is 33.3 Å². The molecule has 0 saturated heterocycles. The van der Waals surface area contributed by atoms with Crippen molar-refractivity contribution in [3.8, 4) is 17.6 Å². The number of ether oxygens (including phenoxy) is 2. The highest BCUT2D eigenvalue weighted by Gasteiger charge is 2.20. The fourth-order valence-electron chi connectivity index (χ4n) is 3.47. The van der Waals surface area contributed by atoms with Crippen molar-refractivity contribution in [2.24, 2.45) is 0 Å². The van der Waals surface area contributed by atoms with Gasteiger partial charge in [0.1, 0.15) is 18.4 Å². The Morgan fingerprint density at radius 2 is 1.92 bits per heavy atom. The van der Waals surface area contributed by atoms with E-state index in [2.05, 4.69) is 16.4 Å². The van der Waals surface area contributed by atoms with Gasteiger partial charge in [-0.1, -0.05) is 35.3 Å². The number of nitriles is 1. The number of nitro groups is 1. The van der Waals surface area contributed by atoms with E-state index in [1.807, 2.05) is 12.1 Å². The van der Waals surface area contributed by atoms with Crippen LogP contribution < -0.4 is 14.8 Å².